The zero-order valence-electron chi connectivity index (χ0n) is 12.8. The zero-order valence-corrected chi connectivity index (χ0v) is 15.8. The first-order chi connectivity index (χ1) is 9.43. The van der Waals surface area contributed by atoms with E-state index in [1.807, 2.05) is 11.8 Å². The van der Waals surface area contributed by atoms with Crippen molar-refractivity contribution in [2.24, 2.45) is 0 Å². The van der Waals surface area contributed by atoms with Crippen molar-refractivity contribution in [3.63, 3.8) is 0 Å². The van der Waals surface area contributed by atoms with Crippen molar-refractivity contribution in [1.29, 1.82) is 0 Å². The third-order valence-electron chi connectivity index (χ3n) is 3.39. The predicted molar refractivity (Wildman–Crippen MR) is 96.7 cm³/mol. The minimum absolute atomic E-state index is 0.0533. The monoisotopic (exact) mass is 405 g/mol. The van der Waals surface area contributed by atoms with Crippen LogP contribution in [0.1, 0.15) is 63.7 Å². The zero-order chi connectivity index (χ0) is 14.8. The van der Waals surface area contributed by atoms with E-state index in [1.54, 1.807) is 0 Å². The van der Waals surface area contributed by atoms with Crippen LogP contribution in [0.25, 0.3) is 0 Å². The van der Waals surface area contributed by atoms with E-state index in [0.717, 1.165) is 18.2 Å². The van der Waals surface area contributed by atoms with Gasteiger partial charge in [-0.2, -0.15) is 11.8 Å². The Morgan fingerprint density at radius 2 is 2.05 bits per heavy atom. The van der Waals surface area contributed by atoms with Gasteiger partial charge in [-0.15, -0.1) is 0 Å². The maximum Gasteiger partial charge on any atom is 0.144 e. The average molecular weight is 405 g/mol. The molecule has 1 aromatic rings. The number of aromatic nitrogens is 2. The molecule has 0 saturated carbocycles. The van der Waals surface area contributed by atoms with E-state index < -0.39 is 0 Å². The molecule has 2 rings (SSSR count). The molecule has 0 aromatic carbocycles. The number of nitrogens with one attached hydrogen (secondary N) is 1. The van der Waals surface area contributed by atoms with E-state index in [-0.39, 0.29) is 5.41 Å². The molecule has 1 N–H and O–H groups in total. The fraction of sp³-hybridized carbons (Fsp3) is 0.733. The number of hydrogen-bond acceptors (Lipinski definition) is 4. The smallest absolute Gasteiger partial charge is 0.144 e. The van der Waals surface area contributed by atoms with Crippen LogP contribution in [0.3, 0.4) is 0 Å². The second-order valence-corrected chi connectivity index (χ2v) is 8.62. The van der Waals surface area contributed by atoms with Crippen LogP contribution in [0.2, 0.25) is 0 Å². The first-order valence-electron chi connectivity index (χ1n) is 7.37. The van der Waals surface area contributed by atoms with Crippen molar-refractivity contribution < 1.29 is 0 Å². The van der Waals surface area contributed by atoms with Crippen LogP contribution in [0.15, 0.2) is 0 Å². The van der Waals surface area contributed by atoms with E-state index in [9.17, 15) is 0 Å². The highest BCUT2D eigenvalue weighted by Gasteiger charge is 2.26. The molecule has 20 heavy (non-hydrogen) atoms. The number of thioether (sulfide) groups is 1. The standard InChI is InChI=1S/C15H24IN3S/c1-5-17-14-11(16)12(15(2,3)4)18-13(19-14)10-8-6-7-9-20-10/h10H,5-9H2,1-4H3,(H,17,18,19). The molecule has 1 aliphatic heterocycles. The molecule has 1 fully saturated rings. The van der Waals surface area contributed by atoms with Gasteiger partial charge in [-0.25, -0.2) is 9.97 Å². The Hall–Kier alpha value is -0.0400. The minimum Gasteiger partial charge on any atom is -0.369 e. The van der Waals surface area contributed by atoms with Crippen LogP contribution >= 0.6 is 34.4 Å². The van der Waals surface area contributed by atoms with Crippen molar-refractivity contribution in [2.75, 3.05) is 17.6 Å². The molecule has 1 unspecified atom stereocenters. The van der Waals surface area contributed by atoms with Crippen LogP contribution in [-0.2, 0) is 5.41 Å². The predicted octanol–water partition coefficient (Wildman–Crippen LogP) is 4.77. The van der Waals surface area contributed by atoms with Crippen LogP contribution in [0, 0.1) is 3.57 Å². The molecule has 1 saturated heterocycles. The molecule has 112 valence electrons. The summed E-state index contributed by atoms with van der Waals surface area (Å²) in [6.07, 6.45) is 3.84. The summed E-state index contributed by atoms with van der Waals surface area (Å²) < 4.78 is 1.17. The van der Waals surface area contributed by atoms with Gasteiger partial charge in [0.25, 0.3) is 0 Å². The fourth-order valence-electron chi connectivity index (χ4n) is 2.33. The van der Waals surface area contributed by atoms with E-state index in [1.165, 1.54) is 34.3 Å². The Balaban J connectivity index is 2.43. The third kappa shape index (κ3) is 3.78. The Kier molecular flexibility index (Phi) is 5.56. The molecular formula is C15H24IN3S. The maximum absolute atomic E-state index is 4.93. The second-order valence-electron chi connectivity index (χ2n) is 6.23. The number of hydrogen-bond donors (Lipinski definition) is 1. The third-order valence-corrected chi connectivity index (χ3v) is 5.79. The van der Waals surface area contributed by atoms with Gasteiger partial charge in [0.05, 0.1) is 14.5 Å². The normalized spacial score (nSPS) is 19.9. The SMILES string of the molecule is CCNc1nc(C2CCCCS2)nc(C(C)(C)C)c1I. The summed E-state index contributed by atoms with van der Waals surface area (Å²) >= 11 is 4.40. The molecule has 1 aliphatic rings. The molecule has 0 bridgehead atoms. The van der Waals surface area contributed by atoms with Gasteiger partial charge >= 0.3 is 0 Å². The lowest BCUT2D eigenvalue weighted by molar-refractivity contribution is 0.553. The highest BCUT2D eigenvalue weighted by molar-refractivity contribution is 14.1. The van der Waals surface area contributed by atoms with E-state index in [2.05, 4.69) is 55.6 Å². The molecule has 1 atom stereocenters. The molecule has 0 amide bonds. The van der Waals surface area contributed by atoms with Gasteiger partial charge in [0.2, 0.25) is 0 Å². The quantitative estimate of drug-likeness (QED) is 0.736. The van der Waals surface area contributed by atoms with Crippen LogP contribution < -0.4 is 5.32 Å². The first kappa shape index (κ1) is 16.3. The highest BCUT2D eigenvalue weighted by Crippen LogP contribution is 2.39. The van der Waals surface area contributed by atoms with Crippen LogP contribution in [-0.4, -0.2) is 22.3 Å². The summed E-state index contributed by atoms with van der Waals surface area (Å²) in [4.78, 5) is 9.74. The Labute approximate surface area is 140 Å². The van der Waals surface area contributed by atoms with Crippen molar-refractivity contribution >= 4 is 40.2 Å². The largest absolute Gasteiger partial charge is 0.369 e. The molecule has 2 heterocycles. The van der Waals surface area contributed by atoms with Crippen molar-refractivity contribution in [3.8, 4) is 0 Å². The first-order valence-corrected chi connectivity index (χ1v) is 9.49. The summed E-state index contributed by atoms with van der Waals surface area (Å²) in [7, 11) is 0. The summed E-state index contributed by atoms with van der Waals surface area (Å²) in [6, 6.07) is 0. The van der Waals surface area contributed by atoms with Crippen LogP contribution in [0.5, 0.6) is 0 Å². The molecule has 0 radical (unpaired) electrons. The number of rotatable bonds is 3. The number of anilines is 1. The highest BCUT2D eigenvalue weighted by atomic mass is 127. The summed E-state index contributed by atoms with van der Waals surface area (Å²) in [6.45, 7) is 9.69. The number of nitrogens with zero attached hydrogens (tertiary/aromatic N) is 2. The lowest BCUT2D eigenvalue weighted by Gasteiger charge is -2.25. The topological polar surface area (TPSA) is 37.8 Å². The summed E-state index contributed by atoms with van der Waals surface area (Å²) in [5.41, 5.74) is 1.22. The van der Waals surface area contributed by atoms with Gasteiger partial charge in [-0.05, 0) is 48.1 Å². The van der Waals surface area contributed by atoms with Gasteiger partial charge in [0.15, 0.2) is 0 Å². The molecule has 0 aliphatic carbocycles. The lowest BCUT2D eigenvalue weighted by Crippen LogP contribution is -2.21. The molecule has 5 heteroatoms. The van der Waals surface area contributed by atoms with Crippen LogP contribution in [0.4, 0.5) is 5.82 Å². The van der Waals surface area contributed by atoms with Gasteiger partial charge < -0.3 is 5.32 Å². The average Bonchev–Trinajstić information content (AvgIpc) is 2.41. The molecule has 1 aromatic heterocycles. The summed E-state index contributed by atoms with van der Waals surface area (Å²) in [5, 5.41) is 3.87. The van der Waals surface area contributed by atoms with Crippen molar-refractivity contribution in [2.45, 2.75) is 57.6 Å². The maximum atomic E-state index is 4.93. The Morgan fingerprint density at radius 1 is 1.30 bits per heavy atom. The molecular weight excluding hydrogens is 381 g/mol. The Morgan fingerprint density at radius 3 is 2.60 bits per heavy atom. The number of halogens is 1. The fourth-order valence-corrected chi connectivity index (χ4v) is 4.82. The van der Waals surface area contributed by atoms with E-state index >= 15 is 0 Å². The Bertz CT molecular complexity index is 465. The molecule has 3 nitrogen and oxygen atoms in total. The van der Waals surface area contributed by atoms with E-state index in [4.69, 9.17) is 9.97 Å². The van der Waals surface area contributed by atoms with Gasteiger partial charge in [0.1, 0.15) is 11.6 Å². The van der Waals surface area contributed by atoms with Crippen molar-refractivity contribution in [3.05, 3.63) is 15.1 Å². The van der Waals surface area contributed by atoms with E-state index in [0.29, 0.717) is 5.25 Å². The van der Waals surface area contributed by atoms with Crippen molar-refractivity contribution in [1.82, 2.24) is 9.97 Å². The molecule has 0 spiro atoms. The van der Waals surface area contributed by atoms with Gasteiger partial charge in [0, 0.05) is 12.0 Å². The second kappa shape index (κ2) is 6.81. The van der Waals surface area contributed by atoms with Gasteiger partial charge in [-0.3, -0.25) is 0 Å². The van der Waals surface area contributed by atoms with Gasteiger partial charge in [-0.1, -0.05) is 27.2 Å². The summed E-state index contributed by atoms with van der Waals surface area (Å²) in [5.74, 6) is 3.27. The lowest BCUT2D eigenvalue weighted by atomic mass is 9.91. The minimum atomic E-state index is 0.0533.